The molecule has 1 amide bonds. The number of nitrogens with zero attached hydrogens (tertiary/aromatic N) is 1. The van der Waals surface area contributed by atoms with Gasteiger partial charge in [0.25, 0.3) is 5.91 Å². The fraction of sp³-hybridized carbons (Fsp3) is 0.625. The minimum atomic E-state index is -0.757. The lowest BCUT2D eigenvalue weighted by Gasteiger charge is -2.40. The molecule has 4 heteroatoms. The van der Waals surface area contributed by atoms with E-state index in [4.69, 9.17) is 0 Å². The molecule has 1 aliphatic rings. The molecule has 4 nitrogen and oxygen atoms in total. The molecule has 0 spiro atoms. The zero-order chi connectivity index (χ0) is 14.8. The molecule has 1 saturated carbocycles. The molecule has 2 rings (SSSR count). The van der Waals surface area contributed by atoms with Gasteiger partial charge in [-0.1, -0.05) is 13.8 Å². The van der Waals surface area contributed by atoms with Crippen molar-refractivity contribution in [2.75, 3.05) is 6.54 Å². The molecular formula is C16H24N2O2. The zero-order valence-corrected chi connectivity index (χ0v) is 12.6. The van der Waals surface area contributed by atoms with E-state index in [-0.39, 0.29) is 5.91 Å². The van der Waals surface area contributed by atoms with Crippen molar-refractivity contribution in [3.05, 3.63) is 29.6 Å². The Labute approximate surface area is 120 Å². The summed E-state index contributed by atoms with van der Waals surface area (Å²) in [5, 5.41) is 13.4. The molecule has 0 aliphatic heterocycles. The lowest BCUT2D eigenvalue weighted by atomic mass is 9.71. The van der Waals surface area contributed by atoms with Crippen molar-refractivity contribution >= 4 is 5.91 Å². The molecule has 1 aliphatic carbocycles. The van der Waals surface area contributed by atoms with Crippen molar-refractivity contribution in [2.45, 2.75) is 52.1 Å². The number of hydrogen-bond acceptors (Lipinski definition) is 3. The number of rotatable bonds is 3. The molecule has 0 bridgehead atoms. The highest BCUT2D eigenvalue weighted by molar-refractivity contribution is 5.94. The zero-order valence-electron chi connectivity index (χ0n) is 12.6. The Balaban J connectivity index is 1.90. The summed E-state index contributed by atoms with van der Waals surface area (Å²) in [6.07, 6.45) is 5.11. The van der Waals surface area contributed by atoms with Crippen LogP contribution in [0.15, 0.2) is 18.3 Å². The number of aryl methyl sites for hydroxylation is 1. The van der Waals surface area contributed by atoms with Crippen LogP contribution in [0.1, 0.15) is 55.6 Å². The van der Waals surface area contributed by atoms with Crippen LogP contribution in [0.2, 0.25) is 0 Å². The fourth-order valence-electron chi connectivity index (χ4n) is 2.60. The van der Waals surface area contributed by atoms with Gasteiger partial charge in [-0.15, -0.1) is 0 Å². The van der Waals surface area contributed by atoms with Gasteiger partial charge in [-0.05, 0) is 50.2 Å². The van der Waals surface area contributed by atoms with Crippen LogP contribution in [0.4, 0.5) is 0 Å². The number of hydrogen-bond donors (Lipinski definition) is 2. The number of carbonyl (C=O) groups is 1. The molecule has 2 N–H and O–H groups in total. The Morgan fingerprint density at radius 1 is 1.35 bits per heavy atom. The second-order valence-corrected chi connectivity index (χ2v) is 6.76. The topological polar surface area (TPSA) is 62.2 Å². The Hall–Kier alpha value is -1.42. The third-order valence-corrected chi connectivity index (χ3v) is 4.27. The Kier molecular flexibility index (Phi) is 4.14. The van der Waals surface area contributed by atoms with Crippen LogP contribution in [0.5, 0.6) is 0 Å². The average Bonchev–Trinajstić information content (AvgIpc) is 2.40. The monoisotopic (exact) mass is 276 g/mol. The summed E-state index contributed by atoms with van der Waals surface area (Å²) < 4.78 is 0. The summed E-state index contributed by atoms with van der Waals surface area (Å²) in [5.41, 5.74) is 0.958. The smallest absolute Gasteiger partial charge is 0.251 e. The van der Waals surface area contributed by atoms with E-state index in [0.717, 1.165) is 31.4 Å². The Bertz CT molecular complexity index is 487. The first kappa shape index (κ1) is 15.0. The summed E-state index contributed by atoms with van der Waals surface area (Å²) in [6, 6.07) is 3.44. The summed E-state index contributed by atoms with van der Waals surface area (Å²) in [4.78, 5) is 16.1. The molecule has 0 radical (unpaired) electrons. The maximum atomic E-state index is 12.1. The summed E-state index contributed by atoms with van der Waals surface area (Å²) in [7, 11) is 0. The van der Waals surface area contributed by atoms with Gasteiger partial charge in [0.1, 0.15) is 0 Å². The van der Waals surface area contributed by atoms with E-state index in [2.05, 4.69) is 24.1 Å². The quantitative estimate of drug-likeness (QED) is 0.891. The van der Waals surface area contributed by atoms with Gasteiger partial charge in [0, 0.05) is 24.0 Å². The molecule has 0 saturated heterocycles. The van der Waals surface area contributed by atoms with Crippen molar-refractivity contribution in [3.8, 4) is 0 Å². The van der Waals surface area contributed by atoms with E-state index in [9.17, 15) is 9.90 Å². The molecule has 0 unspecified atom stereocenters. The van der Waals surface area contributed by atoms with Crippen LogP contribution in [0, 0.1) is 12.3 Å². The number of carbonyl (C=O) groups excluding carboxylic acids is 1. The van der Waals surface area contributed by atoms with Crippen molar-refractivity contribution < 1.29 is 9.90 Å². The van der Waals surface area contributed by atoms with Crippen LogP contribution in [-0.2, 0) is 0 Å². The highest BCUT2D eigenvalue weighted by atomic mass is 16.3. The first-order chi connectivity index (χ1) is 9.30. The summed E-state index contributed by atoms with van der Waals surface area (Å²) >= 11 is 0. The van der Waals surface area contributed by atoms with Crippen molar-refractivity contribution in [1.82, 2.24) is 10.3 Å². The third-order valence-electron chi connectivity index (χ3n) is 4.27. The van der Waals surface area contributed by atoms with Gasteiger partial charge in [0.15, 0.2) is 0 Å². The van der Waals surface area contributed by atoms with Gasteiger partial charge < -0.3 is 10.4 Å². The van der Waals surface area contributed by atoms with Gasteiger partial charge in [0.05, 0.1) is 5.60 Å². The van der Waals surface area contributed by atoms with Crippen molar-refractivity contribution in [1.29, 1.82) is 0 Å². The van der Waals surface area contributed by atoms with Crippen LogP contribution in [0.25, 0.3) is 0 Å². The minimum Gasteiger partial charge on any atom is -0.388 e. The predicted molar refractivity (Wildman–Crippen MR) is 78.5 cm³/mol. The van der Waals surface area contributed by atoms with Crippen LogP contribution >= 0.6 is 0 Å². The largest absolute Gasteiger partial charge is 0.388 e. The van der Waals surface area contributed by atoms with Gasteiger partial charge in [0.2, 0.25) is 0 Å². The molecule has 0 atom stereocenters. The third kappa shape index (κ3) is 3.79. The SMILES string of the molecule is Cc1cc(C(=O)NCC2(O)CCC(C)(C)CC2)ccn1. The number of pyridine rings is 1. The molecule has 1 aromatic rings. The Morgan fingerprint density at radius 2 is 2.00 bits per heavy atom. The maximum absolute atomic E-state index is 12.1. The van der Waals surface area contributed by atoms with Crippen LogP contribution < -0.4 is 5.32 Å². The highest BCUT2D eigenvalue weighted by Gasteiger charge is 2.36. The number of aliphatic hydroxyl groups is 1. The van der Waals surface area contributed by atoms with Crippen LogP contribution in [0.3, 0.4) is 0 Å². The van der Waals surface area contributed by atoms with E-state index in [1.807, 2.05) is 6.92 Å². The second-order valence-electron chi connectivity index (χ2n) is 6.76. The molecule has 1 aromatic heterocycles. The van der Waals surface area contributed by atoms with Crippen molar-refractivity contribution in [2.24, 2.45) is 5.41 Å². The average molecular weight is 276 g/mol. The van der Waals surface area contributed by atoms with Crippen molar-refractivity contribution in [3.63, 3.8) is 0 Å². The molecular weight excluding hydrogens is 252 g/mol. The Morgan fingerprint density at radius 3 is 2.60 bits per heavy atom. The van der Waals surface area contributed by atoms with Gasteiger partial charge in [-0.25, -0.2) is 0 Å². The lowest BCUT2D eigenvalue weighted by molar-refractivity contribution is -0.0233. The lowest BCUT2D eigenvalue weighted by Crippen LogP contribution is -2.46. The van der Waals surface area contributed by atoms with E-state index in [1.54, 1.807) is 18.3 Å². The molecule has 1 fully saturated rings. The van der Waals surface area contributed by atoms with E-state index < -0.39 is 5.60 Å². The summed E-state index contributed by atoms with van der Waals surface area (Å²) in [6.45, 7) is 6.63. The van der Waals surface area contributed by atoms with Gasteiger partial charge in [-0.3, -0.25) is 9.78 Å². The molecule has 1 heterocycles. The van der Waals surface area contributed by atoms with E-state index in [1.165, 1.54) is 0 Å². The second kappa shape index (κ2) is 5.52. The normalized spacial score (nSPS) is 20.4. The molecule has 110 valence electrons. The van der Waals surface area contributed by atoms with Crippen LogP contribution in [-0.4, -0.2) is 28.1 Å². The van der Waals surface area contributed by atoms with E-state index >= 15 is 0 Å². The predicted octanol–water partition coefficient (Wildman–Crippen LogP) is 2.45. The number of aromatic nitrogens is 1. The molecule has 20 heavy (non-hydrogen) atoms. The van der Waals surface area contributed by atoms with E-state index in [0.29, 0.717) is 17.5 Å². The van der Waals surface area contributed by atoms with Gasteiger partial charge in [-0.2, -0.15) is 0 Å². The van der Waals surface area contributed by atoms with Gasteiger partial charge >= 0.3 is 0 Å². The maximum Gasteiger partial charge on any atom is 0.251 e. The highest BCUT2D eigenvalue weighted by Crippen LogP contribution is 2.39. The standard InChI is InChI=1S/C16H24N2O2/c1-12-10-13(4-9-17-12)14(19)18-11-16(20)7-5-15(2,3)6-8-16/h4,9-10,20H,5-8,11H2,1-3H3,(H,18,19). The first-order valence-corrected chi connectivity index (χ1v) is 7.23. The fourth-order valence-corrected chi connectivity index (χ4v) is 2.60. The minimum absolute atomic E-state index is 0.145. The number of nitrogens with one attached hydrogen (secondary N) is 1. The summed E-state index contributed by atoms with van der Waals surface area (Å²) in [5.74, 6) is -0.145. The first-order valence-electron chi connectivity index (χ1n) is 7.23. The number of amides is 1. The molecule has 0 aromatic carbocycles.